The molecule has 0 aliphatic carbocycles. The Bertz CT molecular complexity index is 707. The predicted octanol–water partition coefficient (Wildman–Crippen LogP) is 1.01. The van der Waals surface area contributed by atoms with Crippen LogP contribution >= 0.6 is 0 Å². The van der Waals surface area contributed by atoms with Crippen molar-refractivity contribution in [2.75, 3.05) is 30.9 Å². The van der Waals surface area contributed by atoms with E-state index in [0.29, 0.717) is 30.5 Å². The van der Waals surface area contributed by atoms with Gasteiger partial charge in [0, 0.05) is 37.7 Å². The molecule has 8 heteroatoms. The van der Waals surface area contributed by atoms with Gasteiger partial charge in [0.15, 0.2) is 0 Å². The normalized spacial score (nSPS) is 11.8. The SMILES string of the molecule is COC[C@H](N)CNc1cc(Nc2cccc(C)n2)c(C(N)=O)cn1. The predicted molar refractivity (Wildman–Crippen MR) is 93.4 cm³/mol. The lowest BCUT2D eigenvalue weighted by Gasteiger charge is -2.14. The molecule has 2 heterocycles. The number of aryl methyl sites for hydroxylation is 1. The molecule has 2 rings (SSSR count). The van der Waals surface area contributed by atoms with E-state index in [0.717, 1.165) is 5.69 Å². The van der Waals surface area contributed by atoms with Crippen LogP contribution in [0.5, 0.6) is 0 Å². The van der Waals surface area contributed by atoms with Gasteiger partial charge >= 0.3 is 0 Å². The molecule has 128 valence electrons. The Labute approximate surface area is 140 Å². The van der Waals surface area contributed by atoms with E-state index in [-0.39, 0.29) is 11.6 Å². The number of nitrogens with one attached hydrogen (secondary N) is 2. The molecule has 0 spiro atoms. The number of aromatic nitrogens is 2. The lowest BCUT2D eigenvalue weighted by atomic mass is 10.2. The first-order chi connectivity index (χ1) is 11.5. The van der Waals surface area contributed by atoms with Crippen molar-refractivity contribution in [2.24, 2.45) is 11.5 Å². The Kier molecular flexibility index (Phi) is 6.05. The van der Waals surface area contributed by atoms with Crippen LogP contribution in [0.15, 0.2) is 30.5 Å². The Balaban J connectivity index is 2.20. The second-order valence-electron chi connectivity index (χ2n) is 5.36. The molecule has 0 saturated heterocycles. The van der Waals surface area contributed by atoms with Crippen molar-refractivity contribution in [3.63, 3.8) is 0 Å². The van der Waals surface area contributed by atoms with Crippen LogP contribution < -0.4 is 22.1 Å². The lowest BCUT2D eigenvalue weighted by molar-refractivity contribution is 0.100. The third-order valence-corrected chi connectivity index (χ3v) is 3.25. The van der Waals surface area contributed by atoms with Gasteiger partial charge in [-0.25, -0.2) is 9.97 Å². The van der Waals surface area contributed by atoms with Crippen LogP contribution in [0.2, 0.25) is 0 Å². The van der Waals surface area contributed by atoms with Crippen LogP contribution in [-0.2, 0) is 4.74 Å². The quantitative estimate of drug-likeness (QED) is 0.568. The van der Waals surface area contributed by atoms with E-state index in [1.54, 1.807) is 19.2 Å². The highest BCUT2D eigenvalue weighted by molar-refractivity contribution is 5.99. The molecule has 0 aromatic carbocycles. The number of carbonyl (C=O) groups is 1. The number of hydrogen-bond donors (Lipinski definition) is 4. The minimum absolute atomic E-state index is 0.164. The van der Waals surface area contributed by atoms with E-state index in [1.165, 1.54) is 6.20 Å². The fraction of sp³-hybridized carbons (Fsp3) is 0.312. The van der Waals surface area contributed by atoms with E-state index in [1.807, 2.05) is 19.1 Å². The zero-order valence-corrected chi connectivity index (χ0v) is 13.7. The lowest BCUT2D eigenvalue weighted by Crippen LogP contribution is -2.33. The van der Waals surface area contributed by atoms with Gasteiger partial charge in [0.1, 0.15) is 11.6 Å². The Morgan fingerprint density at radius 3 is 2.83 bits per heavy atom. The molecule has 0 radical (unpaired) electrons. The number of nitrogens with zero attached hydrogens (tertiary/aromatic N) is 2. The largest absolute Gasteiger partial charge is 0.383 e. The van der Waals surface area contributed by atoms with Gasteiger partial charge in [-0.3, -0.25) is 4.79 Å². The Morgan fingerprint density at radius 1 is 1.38 bits per heavy atom. The van der Waals surface area contributed by atoms with Crippen LogP contribution in [0.1, 0.15) is 16.1 Å². The summed E-state index contributed by atoms with van der Waals surface area (Å²) in [6, 6.07) is 7.10. The fourth-order valence-corrected chi connectivity index (χ4v) is 2.11. The highest BCUT2D eigenvalue weighted by Gasteiger charge is 2.12. The van der Waals surface area contributed by atoms with E-state index in [2.05, 4.69) is 20.6 Å². The number of hydrogen-bond acceptors (Lipinski definition) is 7. The van der Waals surface area contributed by atoms with Gasteiger partial charge in [0.05, 0.1) is 17.9 Å². The zero-order valence-electron chi connectivity index (χ0n) is 13.7. The summed E-state index contributed by atoms with van der Waals surface area (Å²) < 4.78 is 4.99. The topological polar surface area (TPSA) is 128 Å². The van der Waals surface area contributed by atoms with Crippen LogP contribution in [0.3, 0.4) is 0 Å². The number of amides is 1. The molecule has 1 atom stereocenters. The molecule has 0 fully saturated rings. The van der Waals surface area contributed by atoms with Crippen LogP contribution in [0.4, 0.5) is 17.3 Å². The molecule has 2 aromatic heterocycles. The number of carbonyl (C=O) groups excluding carboxylic acids is 1. The molecule has 0 aliphatic heterocycles. The smallest absolute Gasteiger partial charge is 0.252 e. The van der Waals surface area contributed by atoms with Gasteiger partial charge < -0.3 is 26.8 Å². The molecule has 0 unspecified atom stereocenters. The summed E-state index contributed by atoms with van der Waals surface area (Å²) in [7, 11) is 1.59. The molecule has 24 heavy (non-hydrogen) atoms. The first-order valence-electron chi connectivity index (χ1n) is 7.48. The number of rotatable bonds is 8. The Morgan fingerprint density at radius 2 is 2.17 bits per heavy atom. The van der Waals surface area contributed by atoms with Crippen molar-refractivity contribution >= 4 is 23.2 Å². The van der Waals surface area contributed by atoms with Crippen LogP contribution in [0, 0.1) is 6.92 Å². The van der Waals surface area contributed by atoms with Gasteiger partial charge in [0.2, 0.25) is 0 Å². The van der Waals surface area contributed by atoms with Crippen molar-refractivity contribution < 1.29 is 9.53 Å². The first-order valence-corrected chi connectivity index (χ1v) is 7.48. The van der Waals surface area contributed by atoms with Gasteiger partial charge in [-0.05, 0) is 19.1 Å². The number of primary amides is 1. The standard InChI is InChI=1S/C16H22N6O2/c1-10-4-3-5-14(21-10)22-13-6-15(19-7-11(17)9-24-2)20-8-12(13)16(18)23/h3-6,8,11H,7,9,17H2,1-2H3,(H2,18,23)(H2,19,20,21,22)/t11-/m1/s1. The van der Waals surface area contributed by atoms with Crippen molar-refractivity contribution in [2.45, 2.75) is 13.0 Å². The van der Waals surface area contributed by atoms with Gasteiger partial charge in [0.25, 0.3) is 5.91 Å². The third-order valence-electron chi connectivity index (χ3n) is 3.25. The molecular weight excluding hydrogens is 308 g/mol. The Hall–Kier alpha value is -2.71. The van der Waals surface area contributed by atoms with Gasteiger partial charge in [-0.2, -0.15) is 0 Å². The summed E-state index contributed by atoms with van der Waals surface area (Å²) >= 11 is 0. The minimum atomic E-state index is -0.569. The summed E-state index contributed by atoms with van der Waals surface area (Å²) in [6.07, 6.45) is 1.42. The zero-order chi connectivity index (χ0) is 17.5. The van der Waals surface area contributed by atoms with E-state index >= 15 is 0 Å². The summed E-state index contributed by atoms with van der Waals surface area (Å²) in [6.45, 7) is 2.81. The summed E-state index contributed by atoms with van der Waals surface area (Å²) in [4.78, 5) is 20.1. The molecule has 8 nitrogen and oxygen atoms in total. The van der Waals surface area contributed by atoms with Gasteiger partial charge in [-0.1, -0.05) is 6.07 Å². The second kappa shape index (κ2) is 8.23. The average Bonchev–Trinajstić information content (AvgIpc) is 2.53. The summed E-state index contributed by atoms with van der Waals surface area (Å²) in [5.74, 6) is 0.618. The molecule has 0 saturated carbocycles. The molecule has 0 bridgehead atoms. The maximum absolute atomic E-state index is 11.6. The second-order valence-corrected chi connectivity index (χ2v) is 5.36. The van der Waals surface area contributed by atoms with Crippen LogP contribution in [-0.4, -0.2) is 42.2 Å². The van der Waals surface area contributed by atoms with E-state index < -0.39 is 5.91 Å². The van der Waals surface area contributed by atoms with Crippen molar-refractivity contribution in [3.05, 3.63) is 41.7 Å². The molecule has 1 amide bonds. The maximum atomic E-state index is 11.6. The summed E-state index contributed by atoms with van der Waals surface area (Å²) in [5.41, 5.74) is 13.0. The molecular formula is C16H22N6O2. The molecule has 0 aliphatic rings. The van der Waals surface area contributed by atoms with E-state index in [9.17, 15) is 4.79 Å². The number of pyridine rings is 2. The number of methoxy groups -OCH3 is 1. The summed E-state index contributed by atoms with van der Waals surface area (Å²) in [5, 5.41) is 6.20. The van der Waals surface area contributed by atoms with Crippen LogP contribution in [0.25, 0.3) is 0 Å². The van der Waals surface area contributed by atoms with Crippen molar-refractivity contribution in [1.82, 2.24) is 9.97 Å². The van der Waals surface area contributed by atoms with Crippen molar-refractivity contribution in [1.29, 1.82) is 0 Å². The van der Waals surface area contributed by atoms with E-state index in [4.69, 9.17) is 16.2 Å². The van der Waals surface area contributed by atoms with Crippen molar-refractivity contribution in [3.8, 4) is 0 Å². The highest BCUT2D eigenvalue weighted by atomic mass is 16.5. The third kappa shape index (κ3) is 4.90. The number of nitrogens with two attached hydrogens (primary N) is 2. The molecule has 6 N–H and O–H groups in total. The monoisotopic (exact) mass is 330 g/mol. The highest BCUT2D eigenvalue weighted by Crippen LogP contribution is 2.22. The number of ether oxygens (including phenoxy) is 1. The maximum Gasteiger partial charge on any atom is 0.252 e. The minimum Gasteiger partial charge on any atom is -0.383 e. The van der Waals surface area contributed by atoms with Gasteiger partial charge in [-0.15, -0.1) is 0 Å². The first kappa shape index (κ1) is 17.6. The number of anilines is 3. The molecule has 2 aromatic rings. The average molecular weight is 330 g/mol. The fourth-order valence-electron chi connectivity index (χ4n) is 2.11.